The second-order valence-corrected chi connectivity index (χ2v) is 3.65. The minimum absolute atomic E-state index is 0.179. The van der Waals surface area contributed by atoms with Crippen LogP contribution in [0.2, 0.25) is 0 Å². The lowest BCUT2D eigenvalue weighted by molar-refractivity contribution is -0.128. The van der Waals surface area contributed by atoms with Crippen molar-refractivity contribution in [2.24, 2.45) is 5.92 Å². The zero-order chi connectivity index (χ0) is 9.68. The number of hydrogen-bond donors (Lipinski definition) is 1. The summed E-state index contributed by atoms with van der Waals surface area (Å²) in [6.07, 6.45) is 10.1. The first-order valence-corrected chi connectivity index (χ1v) is 5.01. The number of carbonyl (C=O) groups is 1. The van der Waals surface area contributed by atoms with Gasteiger partial charge in [-0.25, -0.2) is 0 Å². The summed E-state index contributed by atoms with van der Waals surface area (Å²) >= 11 is 0. The average Bonchev–Trinajstić information content (AvgIpc) is 2.00. The van der Waals surface area contributed by atoms with Crippen LogP contribution in [0.1, 0.15) is 39.0 Å². The summed E-state index contributed by atoms with van der Waals surface area (Å²) in [6, 6.07) is 0.179. The van der Waals surface area contributed by atoms with Crippen LogP contribution in [0.15, 0.2) is 0 Å². The van der Waals surface area contributed by atoms with Gasteiger partial charge in [-0.05, 0) is 19.3 Å². The second-order valence-electron chi connectivity index (χ2n) is 3.65. The van der Waals surface area contributed by atoms with Gasteiger partial charge in [-0.2, -0.15) is 0 Å². The van der Waals surface area contributed by atoms with Gasteiger partial charge in [0.05, 0.1) is 0 Å². The van der Waals surface area contributed by atoms with Crippen molar-refractivity contribution in [3.8, 4) is 12.3 Å². The van der Waals surface area contributed by atoms with Crippen molar-refractivity contribution in [3.63, 3.8) is 0 Å². The molecule has 1 aliphatic rings. The van der Waals surface area contributed by atoms with Crippen molar-refractivity contribution >= 4 is 5.91 Å². The van der Waals surface area contributed by atoms with Crippen molar-refractivity contribution < 1.29 is 4.79 Å². The SMILES string of the molecule is C#CCC(CC)NC(=O)C1CCC1. The van der Waals surface area contributed by atoms with E-state index in [4.69, 9.17) is 6.42 Å². The maximum atomic E-state index is 11.5. The Morgan fingerprint density at radius 1 is 1.69 bits per heavy atom. The molecule has 0 spiro atoms. The van der Waals surface area contributed by atoms with E-state index in [1.165, 1.54) is 6.42 Å². The summed E-state index contributed by atoms with van der Waals surface area (Å²) in [5.74, 6) is 3.06. The van der Waals surface area contributed by atoms with Crippen LogP contribution in [0.3, 0.4) is 0 Å². The molecular formula is C11H17NO. The largest absolute Gasteiger partial charge is 0.352 e. The first kappa shape index (κ1) is 10.1. The van der Waals surface area contributed by atoms with Crippen LogP contribution in [0.5, 0.6) is 0 Å². The number of carbonyl (C=O) groups excluding carboxylic acids is 1. The van der Waals surface area contributed by atoms with Gasteiger partial charge in [0.2, 0.25) is 5.91 Å². The normalized spacial score (nSPS) is 18.5. The molecule has 0 bridgehead atoms. The van der Waals surface area contributed by atoms with E-state index in [2.05, 4.69) is 11.2 Å². The number of terminal acetylenes is 1. The van der Waals surface area contributed by atoms with Gasteiger partial charge in [-0.3, -0.25) is 4.79 Å². The molecule has 0 aromatic rings. The number of amides is 1. The highest BCUT2D eigenvalue weighted by molar-refractivity contribution is 5.79. The second kappa shape index (κ2) is 4.91. The zero-order valence-electron chi connectivity index (χ0n) is 8.18. The van der Waals surface area contributed by atoms with Gasteiger partial charge in [0.1, 0.15) is 0 Å². The highest BCUT2D eigenvalue weighted by Crippen LogP contribution is 2.26. The Morgan fingerprint density at radius 3 is 2.77 bits per heavy atom. The van der Waals surface area contributed by atoms with Crippen LogP contribution in [0.4, 0.5) is 0 Å². The monoisotopic (exact) mass is 179 g/mol. The van der Waals surface area contributed by atoms with Crippen molar-refractivity contribution in [2.45, 2.75) is 45.1 Å². The van der Waals surface area contributed by atoms with Gasteiger partial charge in [-0.1, -0.05) is 13.3 Å². The van der Waals surface area contributed by atoms with Crippen molar-refractivity contribution in [3.05, 3.63) is 0 Å². The highest BCUT2D eigenvalue weighted by Gasteiger charge is 2.26. The molecule has 2 heteroatoms. The third-order valence-corrected chi connectivity index (χ3v) is 2.68. The summed E-state index contributed by atoms with van der Waals surface area (Å²) in [5, 5.41) is 2.99. The fraction of sp³-hybridized carbons (Fsp3) is 0.727. The van der Waals surface area contributed by atoms with Crippen molar-refractivity contribution in [2.75, 3.05) is 0 Å². The fourth-order valence-corrected chi connectivity index (χ4v) is 1.43. The van der Waals surface area contributed by atoms with Crippen LogP contribution in [0, 0.1) is 18.3 Å². The van der Waals surface area contributed by atoms with Gasteiger partial charge >= 0.3 is 0 Å². The maximum Gasteiger partial charge on any atom is 0.223 e. The predicted molar refractivity (Wildman–Crippen MR) is 53.0 cm³/mol. The number of nitrogens with one attached hydrogen (secondary N) is 1. The summed E-state index contributed by atoms with van der Waals surface area (Å²) in [7, 11) is 0. The van der Waals surface area contributed by atoms with Crippen LogP contribution in [0.25, 0.3) is 0 Å². The zero-order valence-corrected chi connectivity index (χ0v) is 8.18. The molecule has 2 nitrogen and oxygen atoms in total. The molecule has 0 saturated heterocycles. The summed E-state index contributed by atoms with van der Waals surface area (Å²) in [4.78, 5) is 11.5. The van der Waals surface area contributed by atoms with Crippen LogP contribution in [-0.4, -0.2) is 11.9 Å². The van der Waals surface area contributed by atoms with E-state index in [1.54, 1.807) is 0 Å². The van der Waals surface area contributed by atoms with Crippen molar-refractivity contribution in [1.29, 1.82) is 0 Å². The van der Waals surface area contributed by atoms with Gasteiger partial charge in [0.25, 0.3) is 0 Å². The maximum absolute atomic E-state index is 11.5. The molecule has 0 heterocycles. The molecule has 1 N–H and O–H groups in total. The van der Waals surface area contributed by atoms with Gasteiger partial charge < -0.3 is 5.32 Å². The third kappa shape index (κ3) is 2.77. The first-order valence-electron chi connectivity index (χ1n) is 5.01. The Hall–Kier alpha value is -0.970. The summed E-state index contributed by atoms with van der Waals surface area (Å²) < 4.78 is 0. The molecule has 1 saturated carbocycles. The van der Waals surface area contributed by atoms with E-state index in [0.29, 0.717) is 6.42 Å². The standard InChI is InChI=1S/C11H17NO/c1-3-6-10(4-2)12-11(13)9-7-5-8-9/h1,9-10H,4-8H2,2H3,(H,12,13). The van der Waals surface area contributed by atoms with E-state index in [1.807, 2.05) is 6.92 Å². The molecule has 13 heavy (non-hydrogen) atoms. The number of rotatable bonds is 4. The lowest BCUT2D eigenvalue weighted by atomic mass is 9.84. The molecule has 1 rings (SSSR count). The molecule has 1 aliphatic carbocycles. The Kier molecular flexibility index (Phi) is 3.82. The van der Waals surface area contributed by atoms with E-state index >= 15 is 0 Å². The van der Waals surface area contributed by atoms with Gasteiger partial charge in [-0.15, -0.1) is 12.3 Å². The minimum Gasteiger partial charge on any atom is -0.352 e. The summed E-state index contributed by atoms with van der Waals surface area (Å²) in [6.45, 7) is 2.04. The smallest absolute Gasteiger partial charge is 0.223 e. The van der Waals surface area contributed by atoms with E-state index < -0.39 is 0 Å². The highest BCUT2D eigenvalue weighted by atomic mass is 16.1. The Bertz CT molecular complexity index is 213. The molecule has 0 radical (unpaired) electrons. The van der Waals surface area contributed by atoms with E-state index in [9.17, 15) is 4.79 Å². The van der Waals surface area contributed by atoms with E-state index in [0.717, 1.165) is 19.3 Å². The van der Waals surface area contributed by atoms with Crippen LogP contribution < -0.4 is 5.32 Å². The average molecular weight is 179 g/mol. The van der Waals surface area contributed by atoms with Crippen LogP contribution in [-0.2, 0) is 4.79 Å². The molecule has 1 unspecified atom stereocenters. The van der Waals surface area contributed by atoms with Gasteiger partial charge in [0.15, 0.2) is 0 Å². The molecule has 1 fully saturated rings. The lowest BCUT2D eigenvalue weighted by Gasteiger charge is -2.26. The molecular weight excluding hydrogens is 162 g/mol. The lowest BCUT2D eigenvalue weighted by Crippen LogP contribution is -2.40. The van der Waals surface area contributed by atoms with Crippen LogP contribution >= 0.6 is 0 Å². The topological polar surface area (TPSA) is 29.1 Å². The minimum atomic E-state index is 0.179. The Balaban J connectivity index is 2.28. The third-order valence-electron chi connectivity index (χ3n) is 2.68. The molecule has 1 amide bonds. The molecule has 72 valence electrons. The van der Waals surface area contributed by atoms with E-state index in [-0.39, 0.29) is 17.9 Å². The first-order chi connectivity index (χ1) is 6.27. The molecule has 0 aliphatic heterocycles. The summed E-state index contributed by atoms with van der Waals surface area (Å²) in [5.41, 5.74) is 0. The van der Waals surface area contributed by atoms with Crippen molar-refractivity contribution in [1.82, 2.24) is 5.32 Å². The molecule has 0 aromatic carbocycles. The van der Waals surface area contributed by atoms with Gasteiger partial charge in [0, 0.05) is 18.4 Å². The quantitative estimate of drug-likeness (QED) is 0.654. The fourth-order valence-electron chi connectivity index (χ4n) is 1.43. The predicted octanol–water partition coefficient (Wildman–Crippen LogP) is 1.70. The molecule has 0 aromatic heterocycles. The Morgan fingerprint density at radius 2 is 2.38 bits per heavy atom. The molecule has 1 atom stereocenters. The Labute approximate surface area is 80.1 Å². The number of hydrogen-bond acceptors (Lipinski definition) is 1.